The van der Waals surface area contributed by atoms with Gasteiger partial charge < -0.3 is 14.2 Å². The fraction of sp³-hybridized carbons (Fsp3) is 0.211. The van der Waals surface area contributed by atoms with Gasteiger partial charge in [0.15, 0.2) is 11.5 Å². The Morgan fingerprint density at radius 1 is 1.13 bits per heavy atom. The Kier molecular flexibility index (Phi) is 7.91. The van der Waals surface area contributed by atoms with E-state index in [9.17, 15) is 22.4 Å². The Bertz CT molecular complexity index is 1070. The molecule has 0 heterocycles. The molecule has 0 unspecified atom stereocenters. The Balaban J connectivity index is 2.06. The van der Waals surface area contributed by atoms with Crippen LogP contribution >= 0.6 is 0 Å². The van der Waals surface area contributed by atoms with E-state index in [4.69, 9.17) is 9.47 Å². The number of nitrogens with one attached hydrogen (secondary N) is 1. The minimum atomic E-state index is -3.80. The highest BCUT2D eigenvalue weighted by molar-refractivity contribution is 7.92. The van der Waals surface area contributed by atoms with Gasteiger partial charge in [0, 0.05) is 0 Å². The number of hydrazone groups is 1. The third-order valence-electron chi connectivity index (χ3n) is 3.75. The van der Waals surface area contributed by atoms with Crippen LogP contribution in [-0.2, 0) is 19.6 Å². The van der Waals surface area contributed by atoms with Crippen molar-refractivity contribution in [3.8, 4) is 11.5 Å². The lowest BCUT2D eigenvalue weighted by Gasteiger charge is -2.21. The Hall–Kier alpha value is -3.67. The molecular weight excluding hydrogens is 433 g/mol. The fourth-order valence-electron chi connectivity index (χ4n) is 2.33. The van der Waals surface area contributed by atoms with Gasteiger partial charge in [-0.3, -0.25) is 9.10 Å². The molecule has 10 nitrogen and oxygen atoms in total. The number of amides is 1. The van der Waals surface area contributed by atoms with E-state index in [-0.39, 0.29) is 17.2 Å². The zero-order valence-corrected chi connectivity index (χ0v) is 17.7. The van der Waals surface area contributed by atoms with Gasteiger partial charge in [0.1, 0.15) is 12.4 Å². The quantitative estimate of drug-likeness (QED) is 0.280. The molecule has 0 saturated heterocycles. The maximum absolute atomic E-state index is 13.1. The van der Waals surface area contributed by atoms with Crippen molar-refractivity contribution in [2.45, 2.75) is 0 Å². The summed E-state index contributed by atoms with van der Waals surface area (Å²) in [6.07, 6.45) is 1.30. The van der Waals surface area contributed by atoms with Crippen LogP contribution in [0.4, 0.5) is 14.9 Å². The van der Waals surface area contributed by atoms with Crippen molar-refractivity contribution in [3.63, 3.8) is 0 Å². The number of anilines is 1. The number of hydrogen-bond donors (Lipinski definition) is 1. The topological polar surface area (TPSA) is 124 Å². The van der Waals surface area contributed by atoms with Gasteiger partial charge in [-0.05, 0) is 48.0 Å². The first kappa shape index (κ1) is 23.6. The summed E-state index contributed by atoms with van der Waals surface area (Å²) in [4.78, 5) is 23.4. The summed E-state index contributed by atoms with van der Waals surface area (Å²) < 4.78 is 52.4. The SMILES string of the molecule is COC(=O)Oc1ccc(/C=N\NC(=O)CN(c2ccc(F)cc2)S(C)(=O)=O)cc1OC. The average Bonchev–Trinajstić information content (AvgIpc) is 2.72. The van der Waals surface area contributed by atoms with E-state index in [2.05, 4.69) is 15.3 Å². The van der Waals surface area contributed by atoms with Crippen LogP contribution in [0.5, 0.6) is 11.5 Å². The number of sulfonamides is 1. The summed E-state index contributed by atoms with van der Waals surface area (Å²) in [6, 6.07) is 9.15. The molecule has 2 rings (SSSR count). The van der Waals surface area contributed by atoms with E-state index in [1.54, 1.807) is 0 Å². The molecular formula is C19H20FN3O7S. The number of methoxy groups -OCH3 is 2. The average molecular weight is 453 g/mol. The van der Waals surface area contributed by atoms with Crippen molar-refractivity contribution in [2.75, 3.05) is 31.3 Å². The summed E-state index contributed by atoms with van der Waals surface area (Å²) in [6.45, 7) is -0.558. The first-order chi connectivity index (χ1) is 14.6. The maximum Gasteiger partial charge on any atom is 0.513 e. The van der Waals surface area contributed by atoms with Gasteiger partial charge in [0.05, 0.1) is 32.4 Å². The molecule has 1 amide bonds. The highest BCUT2D eigenvalue weighted by Gasteiger charge is 2.20. The fourth-order valence-corrected chi connectivity index (χ4v) is 3.19. The van der Waals surface area contributed by atoms with Gasteiger partial charge in [0.25, 0.3) is 5.91 Å². The third-order valence-corrected chi connectivity index (χ3v) is 4.89. The van der Waals surface area contributed by atoms with Crippen LogP contribution in [0.15, 0.2) is 47.6 Å². The number of halogens is 1. The molecule has 31 heavy (non-hydrogen) atoms. The van der Waals surface area contributed by atoms with Gasteiger partial charge in [-0.1, -0.05) is 0 Å². The summed E-state index contributed by atoms with van der Waals surface area (Å²) in [7, 11) is -1.26. The smallest absolute Gasteiger partial charge is 0.493 e. The number of carbonyl (C=O) groups excluding carboxylic acids is 2. The normalized spacial score (nSPS) is 11.1. The number of hydrogen-bond acceptors (Lipinski definition) is 8. The van der Waals surface area contributed by atoms with Crippen LogP contribution in [0.3, 0.4) is 0 Å². The molecule has 0 fully saturated rings. The number of carbonyl (C=O) groups is 2. The Morgan fingerprint density at radius 3 is 2.39 bits per heavy atom. The second kappa shape index (κ2) is 10.4. The summed E-state index contributed by atoms with van der Waals surface area (Å²) in [5.41, 5.74) is 2.84. The summed E-state index contributed by atoms with van der Waals surface area (Å²) >= 11 is 0. The van der Waals surface area contributed by atoms with E-state index >= 15 is 0 Å². The zero-order valence-electron chi connectivity index (χ0n) is 16.9. The Labute approximate surface area is 178 Å². The number of rotatable bonds is 8. The number of nitrogens with zero attached hydrogens (tertiary/aromatic N) is 2. The van der Waals surface area contributed by atoms with Gasteiger partial charge in [-0.2, -0.15) is 5.10 Å². The summed E-state index contributed by atoms with van der Waals surface area (Å²) in [5.74, 6) is -0.910. The lowest BCUT2D eigenvalue weighted by Crippen LogP contribution is -2.39. The second-order valence-corrected chi connectivity index (χ2v) is 7.91. The van der Waals surface area contributed by atoms with Gasteiger partial charge >= 0.3 is 6.16 Å². The lowest BCUT2D eigenvalue weighted by molar-refractivity contribution is -0.119. The van der Waals surface area contributed by atoms with Crippen LogP contribution in [0, 0.1) is 5.82 Å². The van der Waals surface area contributed by atoms with Crippen LogP contribution < -0.4 is 19.2 Å². The van der Waals surface area contributed by atoms with Crippen molar-refractivity contribution in [1.82, 2.24) is 5.43 Å². The third kappa shape index (κ3) is 6.96. The first-order valence-electron chi connectivity index (χ1n) is 8.63. The monoisotopic (exact) mass is 453 g/mol. The molecule has 0 spiro atoms. The predicted octanol–water partition coefficient (Wildman–Crippen LogP) is 1.90. The van der Waals surface area contributed by atoms with E-state index in [1.807, 2.05) is 0 Å². The molecule has 0 aromatic heterocycles. The van der Waals surface area contributed by atoms with Crippen LogP contribution in [0.2, 0.25) is 0 Å². The largest absolute Gasteiger partial charge is 0.513 e. The second-order valence-electron chi connectivity index (χ2n) is 6.01. The minimum Gasteiger partial charge on any atom is -0.493 e. The molecule has 2 aromatic carbocycles. The van der Waals surface area contributed by atoms with Gasteiger partial charge in [-0.25, -0.2) is 23.0 Å². The molecule has 0 aliphatic rings. The standard InChI is InChI=1S/C19H20FN3O7S/c1-28-17-10-13(4-9-16(17)30-19(25)29-2)11-21-22-18(24)12-23(31(3,26)27)15-7-5-14(20)6-8-15/h4-11H,12H2,1-3H3,(H,22,24)/b21-11-. The van der Waals surface area contributed by atoms with E-state index in [1.165, 1.54) is 50.8 Å². The molecule has 12 heteroatoms. The lowest BCUT2D eigenvalue weighted by atomic mass is 10.2. The number of benzene rings is 2. The molecule has 0 atom stereocenters. The van der Waals surface area contributed by atoms with Crippen molar-refractivity contribution in [2.24, 2.45) is 5.10 Å². The molecule has 2 aromatic rings. The van der Waals surface area contributed by atoms with Crippen molar-refractivity contribution in [3.05, 3.63) is 53.8 Å². The molecule has 0 saturated carbocycles. The molecule has 0 aliphatic heterocycles. The van der Waals surface area contributed by atoms with Gasteiger partial charge in [0.2, 0.25) is 10.0 Å². The van der Waals surface area contributed by atoms with E-state index in [0.717, 1.165) is 22.7 Å². The highest BCUT2D eigenvalue weighted by Crippen LogP contribution is 2.27. The van der Waals surface area contributed by atoms with E-state index in [0.29, 0.717) is 5.56 Å². The predicted molar refractivity (Wildman–Crippen MR) is 110 cm³/mol. The van der Waals surface area contributed by atoms with Gasteiger partial charge in [-0.15, -0.1) is 0 Å². The first-order valence-corrected chi connectivity index (χ1v) is 10.5. The summed E-state index contributed by atoms with van der Waals surface area (Å²) in [5, 5.41) is 3.77. The Morgan fingerprint density at radius 2 is 1.81 bits per heavy atom. The molecule has 166 valence electrons. The van der Waals surface area contributed by atoms with Crippen LogP contribution in [0.1, 0.15) is 5.56 Å². The van der Waals surface area contributed by atoms with Crippen molar-refractivity contribution >= 4 is 34.0 Å². The number of ether oxygens (including phenoxy) is 3. The van der Waals surface area contributed by atoms with Crippen LogP contribution in [0.25, 0.3) is 0 Å². The molecule has 1 N–H and O–H groups in total. The van der Waals surface area contributed by atoms with Crippen molar-refractivity contribution < 1.29 is 36.6 Å². The highest BCUT2D eigenvalue weighted by atomic mass is 32.2. The van der Waals surface area contributed by atoms with Crippen LogP contribution in [-0.4, -0.2) is 53.7 Å². The zero-order chi connectivity index (χ0) is 23.0. The molecule has 0 aliphatic carbocycles. The minimum absolute atomic E-state index is 0.124. The molecule has 0 radical (unpaired) electrons. The maximum atomic E-state index is 13.1. The van der Waals surface area contributed by atoms with E-state index < -0.39 is 34.4 Å². The molecule has 0 bridgehead atoms. The van der Waals surface area contributed by atoms with Crippen molar-refractivity contribution in [1.29, 1.82) is 0 Å².